The molecule has 5 heteroatoms. The van der Waals surface area contributed by atoms with Crippen molar-refractivity contribution in [1.29, 1.82) is 0 Å². The zero-order chi connectivity index (χ0) is 11.8. The molecular weight excluding hydrogens is 204 g/mol. The van der Waals surface area contributed by atoms with E-state index in [1.54, 1.807) is 12.4 Å². The number of nitrogens with two attached hydrogens (primary N) is 1. The minimum absolute atomic E-state index is 0.113. The maximum Gasteiger partial charge on any atom is 0.234 e. The minimum Gasteiger partial charge on any atom is -0.474 e. The number of aromatic nitrogens is 2. The van der Waals surface area contributed by atoms with Crippen LogP contribution in [0.25, 0.3) is 0 Å². The molecule has 0 radical (unpaired) electrons. The molecule has 0 aliphatic rings. The van der Waals surface area contributed by atoms with Gasteiger partial charge in [0.15, 0.2) is 0 Å². The SMILES string of the molecule is CC(C)Oc1cncc(NCCCCN)n1. The molecule has 1 heterocycles. The molecule has 3 N–H and O–H groups in total. The first kappa shape index (κ1) is 12.7. The molecule has 0 spiro atoms. The van der Waals surface area contributed by atoms with Gasteiger partial charge < -0.3 is 15.8 Å². The van der Waals surface area contributed by atoms with E-state index in [0.29, 0.717) is 5.88 Å². The van der Waals surface area contributed by atoms with E-state index in [4.69, 9.17) is 10.5 Å². The Morgan fingerprint density at radius 1 is 1.38 bits per heavy atom. The third-order valence-electron chi connectivity index (χ3n) is 1.91. The van der Waals surface area contributed by atoms with E-state index in [1.165, 1.54) is 0 Å². The summed E-state index contributed by atoms with van der Waals surface area (Å²) in [7, 11) is 0. The van der Waals surface area contributed by atoms with Crippen molar-refractivity contribution in [2.75, 3.05) is 18.4 Å². The number of anilines is 1. The number of unbranched alkanes of at least 4 members (excludes halogenated alkanes) is 1. The molecule has 0 atom stereocenters. The smallest absolute Gasteiger partial charge is 0.234 e. The van der Waals surface area contributed by atoms with E-state index in [2.05, 4.69) is 15.3 Å². The third kappa shape index (κ3) is 4.93. The largest absolute Gasteiger partial charge is 0.474 e. The molecule has 0 aromatic carbocycles. The Kier molecular flexibility index (Phi) is 5.56. The predicted molar refractivity (Wildman–Crippen MR) is 64.6 cm³/mol. The molecule has 1 rings (SSSR count). The van der Waals surface area contributed by atoms with Crippen LogP contribution in [-0.4, -0.2) is 29.2 Å². The van der Waals surface area contributed by atoms with E-state index >= 15 is 0 Å². The van der Waals surface area contributed by atoms with Crippen LogP contribution in [0.4, 0.5) is 5.82 Å². The summed E-state index contributed by atoms with van der Waals surface area (Å²) in [4.78, 5) is 8.35. The Hall–Kier alpha value is -1.36. The molecule has 0 aliphatic carbocycles. The van der Waals surface area contributed by atoms with Gasteiger partial charge in [-0.25, -0.2) is 0 Å². The van der Waals surface area contributed by atoms with Crippen LogP contribution in [0.1, 0.15) is 26.7 Å². The molecule has 1 aromatic rings. The lowest BCUT2D eigenvalue weighted by Gasteiger charge is -2.10. The van der Waals surface area contributed by atoms with Crippen LogP contribution in [-0.2, 0) is 0 Å². The molecule has 5 nitrogen and oxygen atoms in total. The molecule has 0 amide bonds. The van der Waals surface area contributed by atoms with E-state index in [0.717, 1.165) is 31.7 Å². The standard InChI is InChI=1S/C11H20N4O/c1-9(2)16-11-8-13-7-10(15-11)14-6-4-3-5-12/h7-9H,3-6,12H2,1-2H3,(H,14,15). The highest BCUT2D eigenvalue weighted by Crippen LogP contribution is 2.10. The Morgan fingerprint density at radius 3 is 2.88 bits per heavy atom. The summed E-state index contributed by atoms with van der Waals surface area (Å²) in [5, 5.41) is 3.18. The monoisotopic (exact) mass is 224 g/mol. The summed E-state index contributed by atoms with van der Waals surface area (Å²) in [6.07, 6.45) is 5.47. The van der Waals surface area contributed by atoms with Crippen LogP contribution in [0, 0.1) is 0 Å². The van der Waals surface area contributed by atoms with Crippen LogP contribution in [0.3, 0.4) is 0 Å². The number of nitrogens with one attached hydrogen (secondary N) is 1. The molecule has 0 saturated carbocycles. The van der Waals surface area contributed by atoms with Gasteiger partial charge in [-0.3, -0.25) is 4.98 Å². The Balaban J connectivity index is 2.41. The van der Waals surface area contributed by atoms with Gasteiger partial charge >= 0.3 is 0 Å². The summed E-state index contributed by atoms with van der Waals surface area (Å²) in [5.74, 6) is 1.30. The van der Waals surface area contributed by atoms with Crippen molar-refractivity contribution in [3.8, 4) is 5.88 Å². The molecule has 16 heavy (non-hydrogen) atoms. The van der Waals surface area contributed by atoms with Crippen molar-refractivity contribution < 1.29 is 4.74 Å². The molecular formula is C11H20N4O. The summed E-state index contributed by atoms with van der Waals surface area (Å²) >= 11 is 0. The fourth-order valence-electron chi connectivity index (χ4n) is 1.22. The maximum atomic E-state index is 5.45. The summed E-state index contributed by atoms with van der Waals surface area (Å²) in [6.45, 7) is 5.51. The van der Waals surface area contributed by atoms with Gasteiger partial charge in [0.05, 0.1) is 18.5 Å². The Morgan fingerprint density at radius 2 is 2.19 bits per heavy atom. The normalized spacial score (nSPS) is 10.5. The minimum atomic E-state index is 0.113. The van der Waals surface area contributed by atoms with Gasteiger partial charge in [0, 0.05) is 6.54 Å². The lowest BCUT2D eigenvalue weighted by atomic mass is 10.3. The van der Waals surface area contributed by atoms with Crippen LogP contribution >= 0.6 is 0 Å². The van der Waals surface area contributed by atoms with Crippen molar-refractivity contribution in [2.45, 2.75) is 32.8 Å². The van der Waals surface area contributed by atoms with Gasteiger partial charge in [-0.1, -0.05) is 0 Å². The lowest BCUT2D eigenvalue weighted by molar-refractivity contribution is 0.232. The third-order valence-corrected chi connectivity index (χ3v) is 1.91. The topological polar surface area (TPSA) is 73.1 Å². The number of hydrogen-bond donors (Lipinski definition) is 2. The number of nitrogens with zero attached hydrogens (tertiary/aromatic N) is 2. The summed E-state index contributed by atoms with van der Waals surface area (Å²) < 4.78 is 5.45. The van der Waals surface area contributed by atoms with E-state index < -0.39 is 0 Å². The molecule has 0 unspecified atom stereocenters. The lowest BCUT2D eigenvalue weighted by Crippen LogP contribution is -2.10. The Labute approximate surface area is 96.4 Å². The second kappa shape index (κ2) is 7.00. The highest BCUT2D eigenvalue weighted by atomic mass is 16.5. The van der Waals surface area contributed by atoms with Crippen molar-refractivity contribution in [2.24, 2.45) is 5.73 Å². The van der Waals surface area contributed by atoms with Crippen molar-refractivity contribution in [3.63, 3.8) is 0 Å². The number of rotatable bonds is 7. The van der Waals surface area contributed by atoms with Gasteiger partial charge in [0.25, 0.3) is 0 Å². The fourth-order valence-corrected chi connectivity index (χ4v) is 1.22. The van der Waals surface area contributed by atoms with E-state index in [-0.39, 0.29) is 6.10 Å². The average Bonchev–Trinajstić information content (AvgIpc) is 2.24. The highest BCUT2D eigenvalue weighted by molar-refractivity contribution is 5.32. The van der Waals surface area contributed by atoms with Crippen LogP contribution < -0.4 is 15.8 Å². The molecule has 0 saturated heterocycles. The number of ether oxygens (including phenoxy) is 1. The van der Waals surface area contributed by atoms with Crippen LogP contribution in [0.5, 0.6) is 5.88 Å². The molecule has 90 valence electrons. The highest BCUT2D eigenvalue weighted by Gasteiger charge is 2.01. The first-order chi connectivity index (χ1) is 7.72. The van der Waals surface area contributed by atoms with Crippen molar-refractivity contribution in [1.82, 2.24) is 9.97 Å². The zero-order valence-electron chi connectivity index (χ0n) is 9.94. The van der Waals surface area contributed by atoms with Crippen molar-refractivity contribution in [3.05, 3.63) is 12.4 Å². The predicted octanol–water partition coefficient (Wildman–Crippen LogP) is 1.41. The van der Waals surface area contributed by atoms with Gasteiger partial charge in [0.1, 0.15) is 5.82 Å². The second-order valence-corrected chi connectivity index (χ2v) is 3.83. The summed E-state index contributed by atoms with van der Waals surface area (Å²) in [5.41, 5.74) is 5.41. The first-order valence-corrected chi connectivity index (χ1v) is 5.65. The fraction of sp³-hybridized carbons (Fsp3) is 0.636. The van der Waals surface area contributed by atoms with E-state index in [9.17, 15) is 0 Å². The number of hydrogen-bond acceptors (Lipinski definition) is 5. The molecule has 1 aromatic heterocycles. The van der Waals surface area contributed by atoms with Gasteiger partial charge in [0.2, 0.25) is 5.88 Å². The van der Waals surface area contributed by atoms with Crippen molar-refractivity contribution >= 4 is 5.82 Å². The van der Waals surface area contributed by atoms with Crippen LogP contribution in [0.15, 0.2) is 12.4 Å². The first-order valence-electron chi connectivity index (χ1n) is 5.65. The summed E-state index contributed by atoms with van der Waals surface area (Å²) in [6, 6.07) is 0. The average molecular weight is 224 g/mol. The quantitative estimate of drug-likeness (QED) is 0.685. The second-order valence-electron chi connectivity index (χ2n) is 3.83. The van der Waals surface area contributed by atoms with Gasteiger partial charge in [-0.2, -0.15) is 4.98 Å². The van der Waals surface area contributed by atoms with E-state index in [1.807, 2.05) is 13.8 Å². The zero-order valence-corrected chi connectivity index (χ0v) is 9.94. The molecule has 0 bridgehead atoms. The van der Waals surface area contributed by atoms with Gasteiger partial charge in [-0.15, -0.1) is 0 Å². The van der Waals surface area contributed by atoms with Crippen LogP contribution in [0.2, 0.25) is 0 Å². The maximum absolute atomic E-state index is 5.45. The van der Waals surface area contributed by atoms with Gasteiger partial charge in [-0.05, 0) is 33.2 Å². The molecule has 0 aliphatic heterocycles. The Bertz CT molecular complexity index is 304. The molecule has 0 fully saturated rings.